The summed E-state index contributed by atoms with van der Waals surface area (Å²) in [6.07, 6.45) is 1.67. The van der Waals surface area contributed by atoms with E-state index in [1.54, 1.807) is 30.5 Å². The van der Waals surface area contributed by atoms with E-state index in [0.29, 0.717) is 11.6 Å². The first-order valence-corrected chi connectivity index (χ1v) is 8.63. The zero-order valence-corrected chi connectivity index (χ0v) is 15.5. The Morgan fingerprint density at radius 3 is 2.59 bits per heavy atom. The number of oxazole rings is 1. The number of carboxylic acids is 1. The predicted octanol–water partition coefficient (Wildman–Crippen LogP) is 2.31. The zero-order chi connectivity index (χ0) is 19.6. The van der Waals surface area contributed by atoms with Crippen molar-refractivity contribution in [1.29, 1.82) is 0 Å². The van der Waals surface area contributed by atoms with Gasteiger partial charge in [-0.05, 0) is 12.1 Å². The summed E-state index contributed by atoms with van der Waals surface area (Å²) >= 11 is 0. The Hall–Kier alpha value is -3.16. The van der Waals surface area contributed by atoms with Gasteiger partial charge in [0, 0.05) is 11.8 Å². The number of carboxylic acid groups (broad SMARTS) is 1. The molecule has 2 aromatic rings. The molecule has 0 fully saturated rings. The van der Waals surface area contributed by atoms with Crippen LogP contribution in [0, 0.1) is 0 Å². The van der Waals surface area contributed by atoms with Gasteiger partial charge in [0.2, 0.25) is 5.89 Å². The highest BCUT2D eigenvalue weighted by Gasteiger charge is 2.36. The maximum absolute atomic E-state index is 12.4. The van der Waals surface area contributed by atoms with Crippen LogP contribution in [0.3, 0.4) is 0 Å². The highest BCUT2D eigenvalue weighted by atomic mass is 16.4. The number of carbonyl (C=O) groups excluding carboxylic acids is 1. The molecule has 1 aromatic carbocycles. The van der Waals surface area contributed by atoms with Gasteiger partial charge in [0.05, 0.1) is 18.4 Å². The fraction of sp³-hybridized carbons (Fsp3) is 0.368. The Balaban J connectivity index is 1.69. The highest BCUT2D eigenvalue weighted by molar-refractivity contribution is 6.40. The zero-order valence-electron chi connectivity index (χ0n) is 15.5. The van der Waals surface area contributed by atoms with Gasteiger partial charge >= 0.3 is 5.97 Å². The molecule has 0 spiro atoms. The summed E-state index contributed by atoms with van der Waals surface area (Å²) in [4.78, 5) is 28.2. The molecule has 1 aliphatic heterocycles. The van der Waals surface area contributed by atoms with Crippen LogP contribution in [0.2, 0.25) is 0 Å². The molecule has 0 aliphatic carbocycles. The average Bonchev–Trinajstić information content (AvgIpc) is 3.27. The lowest BCUT2D eigenvalue weighted by Crippen LogP contribution is -2.35. The van der Waals surface area contributed by atoms with Crippen molar-refractivity contribution in [2.75, 3.05) is 5.01 Å². The first-order valence-electron chi connectivity index (χ1n) is 8.63. The number of hydrogen-bond acceptors (Lipinski definition) is 6. The first-order chi connectivity index (χ1) is 12.8. The average molecular weight is 370 g/mol. The number of nitrogens with one attached hydrogen (secondary N) is 1. The number of aromatic nitrogens is 1. The molecule has 1 aliphatic rings. The molecular formula is C19H22N4O4. The fourth-order valence-corrected chi connectivity index (χ4v) is 2.66. The molecule has 8 nitrogen and oxygen atoms in total. The van der Waals surface area contributed by atoms with Crippen LogP contribution in [0.1, 0.15) is 38.8 Å². The SMILES string of the molecule is CC(C)(C)c1cnc(CNC(=O)C2=NN(c3ccccc3)C(C(=O)O)C2)o1. The quantitative estimate of drug-likeness (QED) is 0.836. The third-order valence-electron chi connectivity index (χ3n) is 4.17. The van der Waals surface area contributed by atoms with Crippen LogP contribution in [0.25, 0.3) is 0 Å². The third-order valence-corrected chi connectivity index (χ3v) is 4.17. The summed E-state index contributed by atoms with van der Waals surface area (Å²) in [7, 11) is 0. The van der Waals surface area contributed by atoms with E-state index < -0.39 is 17.9 Å². The number of carbonyl (C=O) groups is 2. The lowest BCUT2D eigenvalue weighted by Gasteiger charge is -2.19. The molecule has 1 unspecified atom stereocenters. The minimum absolute atomic E-state index is 0.0227. The first kappa shape index (κ1) is 18.6. The van der Waals surface area contributed by atoms with Crippen molar-refractivity contribution in [2.24, 2.45) is 5.10 Å². The van der Waals surface area contributed by atoms with Crippen molar-refractivity contribution in [3.8, 4) is 0 Å². The van der Waals surface area contributed by atoms with E-state index in [-0.39, 0.29) is 24.1 Å². The van der Waals surface area contributed by atoms with Crippen LogP contribution < -0.4 is 10.3 Å². The van der Waals surface area contributed by atoms with Gasteiger partial charge in [-0.2, -0.15) is 5.10 Å². The molecule has 8 heteroatoms. The van der Waals surface area contributed by atoms with E-state index in [1.165, 1.54) is 5.01 Å². The smallest absolute Gasteiger partial charge is 0.328 e. The number of para-hydroxylation sites is 1. The van der Waals surface area contributed by atoms with Gasteiger partial charge in [-0.1, -0.05) is 39.0 Å². The van der Waals surface area contributed by atoms with Crippen molar-refractivity contribution in [3.05, 3.63) is 48.2 Å². The molecule has 2 N–H and O–H groups in total. The number of nitrogens with zero attached hydrogens (tertiary/aromatic N) is 3. The van der Waals surface area contributed by atoms with Crippen molar-refractivity contribution in [1.82, 2.24) is 10.3 Å². The molecule has 27 heavy (non-hydrogen) atoms. The maximum atomic E-state index is 12.4. The summed E-state index contributed by atoms with van der Waals surface area (Å²) in [5.74, 6) is -0.351. The van der Waals surface area contributed by atoms with Gasteiger partial charge in [0.1, 0.15) is 11.5 Å². The van der Waals surface area contributed by atoms with Crippen LogP contribution in [0.5, 0.6) is 0 Å². The summed E-state index contributed by atoms with van der Waals surface area (Å²) < 4.78 is 5.64. The monoisotopic (exact) mass is 370 g/mol. The van der Waals surface area contributed by atoms with Gasteiger partial charge in [-0.3, -0.25) is 9.80 Å². The Kier molecular flexibility index (Phi) is 4.98. The number of amides is 1. The van der Waals surface area contributed by atoms with Crippen LogP contribution in [-0.2, 0) is 21.5 Å². The number of benzene rings is 1. The molecule has 0 saturated heterocycles. The summed E-state index contributed by atoms with van der Waals surface area (Å²) in [5, 5.41) is 17.7. The Morgan fingerprint density at radius 1 is 1.30 bits per heavy atom. The molecule has 1 amide bonds. The second-order valence-corrected chi connectivity index (χ2v) is 7.34. The molecule has 0 radical (unpaired) electrons. The summed E-state index contributed by atoms with van der Waals surface area (Å²) in [6, 6.07) is 7.99. The van der Waals surface area contributed by atoms with Gasteiger partial charge in [-0.25, -0.2) is 9.78 Å². The Bertz CT molecular complexity index is 867. The molecule has 3 rings (SSSR count). The predicted molar refractivity (Wildman–Crippen MR) is 99.4 cm³/mol. The molecule has 1 atom stereocenters. The normalized spacial score (nSPS) is 16.9. The van der Waals surface area contributed by atoms with E-state index in [2.05, 4.69) is 15.4 Å². The van der Waals surface area contributed by atoms with E-state index >= 15 is 0 Å². The van der Waals surface area contributed by atoms with Crippen LogP contribution in [-0.4, -0.2) is 33.7 Å². The van der Waals surface area contributed by atoms with Gasteiger partial charge in [-0.15, -0.1) is 0 Å². The van der Waals surface area contributed by atoms with Gasteiger partial charge in [0.25, 0.3) is 5.91 Å². The lowest BCUT2D eigenvalue weighted by molar-refractivity contribution is -0.138. The van der Waals surface area contributed by atoms with Crippen molar-refractivity contribution < 1.29 is 19.1 Å². The molecule has 1 aromatic heterocycles. The van der Waals surface area contributed by atoms with Crippen molar-refractivity contribution in [2.45, 2.75) is 45.2 Å². The topological polar surface area (TPSA) is 108 Å². The highest BCUT2D eigenvalue weighted by Crippen LogP contribution is 2.25. The van der Waals surface area contributed by atoms with Gasteiger partial charge < -0.3 is 14.8 Å². The van der Waals surface area contributed by atoms with Crippen LogP contribution in [0.4, 0.5) is 5.69 Å². The minimum atomic E-state index is -1.03. The van der Waals surface area contributed by atoms with E-state index in [9.17, 15) is 14.7 Å². The number of hydrogen-bond donors (Lipinski definition) is 2. The fourth-order valence-electron chi connectivity index (χ4n) is 2.66. The molecule has 0 saturated carbocycles. The molecule has 0 bridgehead atoms. The third kappa shape index (κ3) is 4.16. The molecule has 2 heterocycles. The van der Waals surface area contributed by atoms with Crippen molar-refractivity contribution in [3.63, 3.8) is 0 Å². The number of rotatable bonds is 5. The van der Waals surface area contributed by atoms with E-state index in [1.807, 2.05) is 26.8 Å². The largest absolute Gasteiger partial charge is 0.480 e. The Morgan fingerprint density at radius 2 is 2.00 bits per heavy atom. The number of anilines is 1. The van der Waals surface area contributed by atoms with Crippen LogP contribution in [0.15, 0.2) is 46.0 Å². The maximum Gasteiger partial charge on any atom is 0.328 e. The standard InChI is InChI=1S/C19H22N4O4/c1-19(2,3)15-10-20-16(27-15)11-21-17(24)13-9-14(18(25)26)23(22-13)12-7-5-4-6-8-12/h4-8,10,14H,9,11H2,1-3H3,(H,21,24)(H,25,26). The lowest BCUT2D eigenvalue weighted by atomic mass is 9.94. The molecule has 142 valence electrons. The molecular weight excluding hydrogens is 348 g/mol. The van der Waals surface area contributed by atoms with Gasteiger partial charge in [0.15, 0.2) is 6.04 Å². The minimum Gasteiger partial charge on any atom is -0.480 e. The number of aliphatic carboxylic acids is 1. The summed E-state index contributed by atoms with van der Waals surface area (Å²) in [6.45, 7) is 6.13. The Labute approximate surface area is 156 Å². The summed E-state index contributed by atoms with van der Waals surface area (Å²) in [5.41, 5.74) is 0.611. The van der Waals surface area contributed by atoms with Crippen LogP contribution >= 0.6 is 0 Å². The van der Waals surface area contributed by atoms with E-state index in [4.69, 9.17) is 4.42 Å². The second-order valence-electron chi connectivity index (χ2n) is 7.34. The van der Waals surface area contributed by atoms with Crippen molar-refractivity contribution >= 4 is 23.3 Å². The number of hydrazone groups is 1. The van der Waals surface area contributed by atoms with E-state index in [0.717, 1.165) is 5.76 Å². The second kappa shape index (κ2) is 7.22.